The molecule has 0 unspecified atom stereocenters. The molecular weight excluding hydrogens is 244 g/mol. The average molecular weight is 260 g/mol. The molecule has 1 heterocycles. The van der Waals surface area contributed by atoms with Gasteiger partial charge in [-0.25, -0.2) is 0 Å². The molecule has 3 N–H and O–H groups in total. The van der Waals surface area contributed by atoms with Crippen molar-refractivity contribution < 1.29 is 14.3 Å². The summed E-state index contributed by atoms with van der Waals surface area (Å²) in [6, 6.07) is 7.93. The van der Waals surface area contributed by atoms with Gasteiger partial charge in [0.2, 0.25) is 0 Å². The molecule has 0 aliphatic heterocycles. The molecule has 5 heteroatoms. The van der Waals surface area contributed by atoms with Gasteiger partial charge in [-0.3, -0.25) is 4.79 Å². The number of benzene rings is 1. The van der Waals surface area contributed by atoms with Crippen LogP contribution in [0.3, 0.4) is 0 Å². The Labute approximate surface area is 111 Å². The summed E-state index contributed by atoms with van der Waals surface area (Å²) in [5.41, 5.74) is 6.42. The summed E-state index contributed by atoms with van der Waals surface area (Å²) >= 11 is 0. The van der Waals surface area contributed by atoms with E-state index < -0.39 is 0 Å². The quantitative estimate of drug-likeness (QED) is 0.652. The largest absolute Gasteiger partial charge is 0.508 e. The first-order valence-corrected chi connectivity index (χ1v) is 6.02. The minimum atomic E-state index is -0.229. The Morgan fingerprint density at radius 3 is 2.84 bits per heavy atom. The van der Waals surface area contributed by atoms with E-state index in [9.17, 15) is 9.90 Å². The van der Waals surface area contributed by atoms with E-state index in [4.69, 9.17) is 10.2 Å². The molecule has 1 aromatic carbocycles. The fraction of sp³-hybridized carbons (Fsp3) is 0.214. The van der Waals surface area contributed by atoms with Crippen LogP contribution in [0.25, 0.3) is 0 Å². The highest BCUT2D eigenvalue weighted by Crippen LogP contribution is 2.21. The molecule has 1 aromatic heterocycles. The molecule has 1 amide bonds. The first kappa shape index (κ1) is 13.0. The Morgan fingerprint density at radius 1 is 1.42 bits per heavy atom. The number of amides is 1. The number of phenolic OH excluding ortho intramolecular Hbond substituents is 1. The molecule has 2 aromatic rings. The predicted molar refractivity (Wildman–Crippen MR) is 71.6 cm³/mol. The molecule has 0 radical (unpaired) electrons. The Kier molecular flexibility index (Phi) is 3.75. The third-order valence-electron chi connectivity index (χ3n) is 2.86. The second-order valence-corrected chi connectivity index (χ2v) is 4.17. The lowest BCUT2D eigenvalue weighted by Gasteiger charge is -2.20. The number of phenols is 1. The summed E-state index contributed by atoms with van der Waals surface area (Å²) in [6.07, 6.45) is 1.57. The van der Waals surface area contributed by atoms with Crippen LogP contribution in [0.5, 0.6) is 5.75 Å². The number of furan rings is 1. The van der Waals surface area contributed by atoms with Crippen LogP contribution in [0.2, 0.25) is 0 Å². The number of nitrogen functional groups attached to an aromatic ring is 1. The molecule has 0 saturated heterocycles. The van der Waals surface area contributed by atoms with Gasteiger partial charge in [0, 0.05) is 12.2 Å². The van der Waals surface area contributed by atoms with Crippen LogP contribution in [0.4, 0.5) is 5.69 Å². The van der Waals surface area contributed by atoms with Gasteiger partial charge in [-0.05, 0) is 37.3 Å². The monoisotopic (exact) mass is 260 g/mol. The SMILES string of the molecule is CCN(Cc1ccco1)C(=O)c1cc(O)ccc1N. The molecule has 0 aliphatic carbocycles. The van der Waals surface area contributed by atoms with Crippen LogP contribution in [0.15, 0.2) is 41.0 Å². The van der Waals surface area contributed by atoms with E-state index in [0.717, 1.165) is 0 Å². The topological polar surface area (TPSA) is 79.7 Å². The van der Waals surface area contributed by atoms with Gasteiger partial charge in [-0.15, -0.1) is 0 Å². The highest BCUT2D eigenvalue weighted by molar-refractivity contribution is 5.99. The number of carbonyl (C=O) groups is 1. The van der Waals surface area contributed by atoms with E-state index in [0.29, 0.717) is 30.1 Å². The maximum absolute atomic E-state index is 12.4. The van der Waals surface area contributed by atoms with Crippen LogP contribution in [-0.4, -0.2) is 22.5 Å². The lowest BCUT2D eigenvalue weighted by Crippen LogP contribution is -2.30. The minimum absolute atomic E-state index is 0.0200. The van der Waals surface area contributed by atoms with E-state index >= 15 is 0 Å². The van der Waals surface area contributed by atoms with Crippen LogP contribution < -0.4 is 5.73 Å². The van der Waals surface area contributed by atoms with Gasteiger partial charge >= 0.3 is 0 Å². The molecular formula is C14H16N2O3. The highest BCUT2D eigenvalue weighted by Gasteiger charge is 2.18. The molecule has 0 atom stereocenters. The van der Waals surface area contributed by atoms with Crippen molar-refractivity contribution in [2.24, 2.45) is 0 Å². The zero-order valence-electron chi connectivity index (χ0n) is 10.7. The first-order valence-electron chi connectivity index (χ1n) is 6.02. The third kappa shape index (κ3) is 2.88. The van der Waals surface area contributed by atoms with Gasteiger partial charge in [0.25, 0.3) is 5.91 Å². The Hall–Kier alpha value is -2.43. The number of rotatable bonds is 4. The second-order valence-electron chi connectivity index (χ2n) is 4.17. The maximum Gasteiger partial charge on any atom is 0.256 e. The van der Waals surface area contributed by atoms with Crippen LogP contribution in [0.1, 0.15) is 23.0 Å². The molecule has 2 rings (SSSR count). The first-order chi connectivity index (χ1) is 9.11. The molecule has 5 nitrogen and oxygen atoms in total. The Balaban J connectivity index is 2.23. The van der Waals surface area contributed by atoms with Crippen molar-refractivity contribution in [3.8, 4) is 5.75 Å². The zero-order chi connectivity index (χ0) is 13.8. The Morgan fingerprint density at radius 2 is 2.21 bits per heavy atom. The van der Waals surface area contributed by atoms with E-state index in [1.54, 1.807) is 17.2 Å². The van der Waals surface area contributed by atoms with E-state index in [1.807, 2.05) is 13.0 Å². The van der Waals surface area contributed by atoms with Crippen molar-refractivity contribution in [2.45, 2.75) is 13.5 Å². The van der Waals surface area contributed by atoms with Crippen molar-refractivity contribution in [1.29, 1.82) is 0 Å². The van der Waals surface area contributed by atoms with Crippen molar-refractivity contribution in [3.63, 3.8) is 0 Å². The summed E-state index contributed by atoms with van der Waals surface area (Å²) in [6.45, 7) is 2.77. The van der Waals surface area contributed by atoms with Crippen LogP contribution in [-0.2, 0) is 6.54 Å². The standard InChI is InChI=1S/C14H16N2O3/c1-2-16(9-11-4-3-7-19-11)14(18)12-8-10(17)5-6-13(12)15/h3-8,17H,2,9,15H2,1H3. The number of hydrogen-bond acceptors (Lipinski definition) is 4. The summed E-state index contributed by atoms with van der Waals surface area (Å²) in [5.74, 6) is 0.493. The smallest absolute Gasteiger partial charge is 0.256 e. The van der Waals surface area contributed by atoms with E-state index in [2.05, 4.69) is 0 Å². The molecule has 0 saturated carbocycles. The lowest BCUT2D eigenvalue weighted by molar-refractivity contribution is 0.0742. The molecule has 0 spiro atoms. The molecule has 19 heavy (non-hydrogen) atoms. The van der Waals surface area contributed by atoms with E-state index in [1.165, 1.54) is 18.2 Å². The van der Waals surface area contributed by atoms with Crippen LogP contribution >= 0.6 is 0 Å². The summed E-state index contributed by atoms with van der Waals surface area (Å²) in [5, 5.41) is 9.45. The lowest BCUT2D eigenvalue weighted by atomic mass is 10.1. The van der Waals surface area contributed by atoms with Crippen molar-refractivity contribution in [1.82, 2.24) is 4.90 Å². The minimum Gasteiger partial charge on any atom is -0.508 e. The highest BCUT2D eigenvalue weighted by atomic mass is 16.3. The summed E-state index contributed by atoms with van der Waals surface area (Å²) in [4.78, 5) is 14.0. The van der Waals surface area contributed by atoms with Crippen LogP contribution in [0, 0.1) is 0 Å². The fourth-order valence-corrected chi connectivity index (χ4v) is 1.82. The fourth-order valence-electron chi connectivity index (χ4n) is 1.82. The number of nitrogens with two attached hydrogens (primary N) is 1. The second kappa shape index (κ2) is 5.48. The number of aromatic hydroxyl groups is 1. The molecule has 100 valence electrons. The number of anilines is 1. The Bertz CT molecular complexity index is 564. The van der Waals surface area contributed by atoms with Gasteiger partial charge < -0.3 is 20.2 Å². The van der Waals surface area contributed by atoms with Gasteiger partial charge in [0.1, 0.15) is 11.5 Å². The molecule has 0 aliphatic rings. The van der Waals surface area contributed by atoms with Gasteiger partial charge in [0.15, 0.2) is 0 Å². The molecule has 0 fully saturated rings. The average Bonchev–Trinajstić information content (AvgIpc) is 2.91. The normalized spacial score (nSPS) is 10.4. The predicted octanol–water partition coefficient (Wildman–Crippen LogP) is 2.23. The van der Waals surface area contributed by atoms with Crippen molar-refractivity contribution >= 4 is 11.6 Å². The third-order valence-corrected chi connectivity index (χ3v) is 2.86. The number of hydrogen-bond donors (Lipinski definition) is 2. The van der Waals surface area contributed by atoms with Gasteiger partial charge in [-0.1, -0.05) is 0 Å². The number of nitrogens with zero attached hydrogens (tertiary/aromatic N) is 1. The van der Waals surface area contributed by atoms with Gasteiger partial charge in [-0.2, -0.15) is 0 Å². The zero-order valence-corrected chi connectivity index (χ0v) is 10.7. The van der Waals surface area contributed by atoms with E-state index in [-0.39, 0.29) is 11.7 Å². The number of carbonyl (C=O) groups excluding carboxylic acids is 1. The van der Waals surface area contributed by atoms with Gasteiger partial charge in [0.05, 0.1) is 18.4 Å². The van der Waals surface area contributed by atoms with Crippen molar-refractivity contribution in [3.05, 3.63) is 47.9 Å². The molecule has 0 bridgehead atoms. The van der Waals surface area contributed by atoms with Crippen molar-refractivity contribution in [2.75, 3.05) is 12.3 Å². The summed E-state index contributed by atoms with van der Waals surface area (Å²) in [7, 11) is 0. The summed E-state index contributed by atoms with van der Waals surface area (Å²) < 4.78 is 5.23. The maximum atomic E-state index is 12.4.